The molecular formula is C19H35N3O3. The fourth-order valence-electron chi connectivity index (χ4n) is 4.34. The van der Waals surface area contributed by atoms with E-state index in [0.29, 0.717) is 25.0 Å². The highest BCUT2D eigenvalue weighted by molar-refractivity contribution is 5.74. The highest BCUT2D eigenvalue weighted by atomic mass is 16.4. The number of aliphatic carboxylic acids is 1. The van der Waals surface area contributed by atoms with E-state index < -0.39 is 5.97 Å². The normalized spacial score (nSPS) is 25.4. The number of carbonyl (C=O) groups excluding carboxylic acids is 1. The molecule has 0 spiro atoms. The van der Waals surface area contributed by atoms with Gasteiger partial charge < -0.3 is 15.3 Å². The van der Waals surface area contributed by atoms with Crippen LogP contribution >= 0.6 is 0 Å². The number of hydrogen-bond donors (Lipinski definition) is 2. The zero-order chi connectivity index (χ0) is 18.4. The van der Waals surface area contributed by atoms with E-state index in [1.807, 2.05) is 16.7 Å². The lowest BCUT2D eigenvalue weighted by molar-refractivity contribution is -0.139. The molecule has 1 aliphatic carbocycles. The molecule has 1 aliphatic heterocycles. The van der Waals surface area contributed by atoms with Gasteiger partial charge in [-0.1, -0.05) is 33.6 Å². The van der Waals surface area contributed by atoms with Gasteiger partial charge in [0, 0.05) is 25.2 Å². The average molecular weight is 354 g/mol. The van der Waals surface area contributed by atoms with Crippen LogP contribution in [0.5, 0.6) is 0 Å². The minimum absolute atomic E-state index is 0.0640. The minimum Gasteiger partial charge on any atom is -0.480 e. The molecule has 0 aromatic rings. The Bertz CT molecular complexity index is 447. The van der Waals surface area contributed by atoms with Gasteiger partial charge in [0.1, 0.15) is 0 Å². The summed E-state index contributed by atoms with van der Waals surface area (Å²) in [6, 6.07) is 0.643. The van der Waals surface area contributed by atoms with Gasteiger partial charge >= 0.3 is 12.0 Å². The molecule has 0 radical (unpaired) electrons. The van der Waals surface area contributed by atoms with Crippen molar-refractivity contribution in [3.63, 3.8) is 0 Å². The van der Waals surface area contributed by atoms with Crippen molar-refractivity contribution in [2.75, 3.05) is 26.2 Å². The molecule has 0 bridgehead atoms. The van der Waals surface area contributed by atoms with E-state index in [1.54, 1.807) is 0 Å². The maximum atomic E-state index is 12.6. The molecular weight excluding hydrogens is 318 g/mol. The van der Waals surface area contributed by atoms with E-state index in [1.165, 1.54) is 12.8 Å². The highest BCUT2D eigenvalue weighted by Gasteiger charge is 2.30. The van der Waals surface area contributed by atoms with Gasteiger partial charge in [0.25, 0.3) is 0 Å². The van der Waals surface area contributed by atoms with Crippen molar-refractivity contribution in [1.82, 2.24) is 15.1 Å². The van der Waals surface area contributed by atoms with Crippen LogP contribution in [-0.4, -0.2) is 65.2 Å². The van der Waals surface area contributed by atoms with Crippen molar-refractivity contribution in [2.24, 2.45) is 11.8 Å². The van der Waals surface area contributed by atoms with E-state index in [-0.39, 0.29) is 18.6 Å². The first-order chi connectivity index (χ1) is 11.9. The number of carboxylic acid groups (broad SMARTS) is 1. The molecule has 0 aromatic carbocycles. The van der Waals surface area contributed by atoms with Crippen LogP contribution in [0, 0.1) is 11.8 Å². The van der Waals surface area contributed by atoms with Crippen LogP contribution in [0.1, 0.15) is 59.3 Å². The van der Waals surface area contributed by atoms with Gasteiger partial charge in [-0.2, -0.15) is 0 Å². The number of nitrogens with one attached hydrogen (secondary N) is 1. The van der Waals surface area contributed by atoms with E-state index in [2.05, 4.69) is 19.2 Å². The molecule has 144 valence electrons. The lowest BCUT2D eigenvalue weighted by atomic mass is 9.79. The number of amides is 2. The number of piperidine rings is 1. The van der Waals surface area contributed by atoms with Crippen molar-refractivity contribution in [3.8, 4) is 0 Å². The average Bonchev–Trinajstić information content (AvgIpc) is 2.60. The number of likely N-dealkylation sites (N-methyl/N-ethyl adjacent to an activating group) is 1. The molecule has 2 atom stereocenters. The molecule has 2 rings (SSSR count). The molecule has 1 heterocycles. The first-order valence-electron chi connectivity index (χ1n) is 9.92. The van der Waals surface area contributed by atoms with Gasteiger partial charge in [-0.3, -0.25) is 9.69 Å². The van der Waals surface area contributed by atoms with Crippen LogP contribution in [0.3, 0.4) is 0 Å². The molecule has 1 saturated heterocycles. The number of nitrogens with zero attached hydrogens (tertiary/aromatic N) is 2. The molecule has 2 aliphatic rings. The third-order valence-electron chi connectivity index (χ3n) is 6.00. The molecule has 2 amide bonds. The molecule has 0 aromatic heterocycles. The van der Waals surface area contributed by atoms with Crippen LogP contribution < -0.4 is 5.32 Å². The largest absolute Gasteiger partial charge is 0.480 e. The maximum Gasteiger partial charge on any atom is 0.317 e. The van der Waals surface area contributed by atoms with Crippen molar-refractivity contribution >= 4 is 12.0 Å². The third-order valence-corrected chi connectivity index (χ3v) is 6.00. The van der Waals surface area contributed by atoms with Gasteiger partial charge in [0.2, 0.25) is 0 Å². The minimum atomic E-state index is -0.779. The zero-order valence-corrected chi connectivity index (χ0v) is 16.0. The van der Waals surface area contributed by atoms with Gasteiger partial charge in [0.05, 0.1) is 6.54 Å². The van der Waals surface area contributed by atoms with Crippen LogP contribution in [-0.2, 0) is 4.79 Å². The van der Waals surface area contributed by atoms with Crippen LogP contribution in [0.2, 0.25) is 0 Å². The Morgan fingerprint density at radius 2 is 1.88 bits per heavy atom. The lowest BCUT2D eigenvalue weighted by Crippen LogP contribution is -2.52. The summed E-state index contributed by atoms with van der Waals surface area (Å²) in [5.41, 5.74) is 0. The maximum absolute atomic E-state index is 12.6. The number of carboxylic acids is 1. The monoisotopic (exact) mass is 353 g/mol. The number of hydrogen-bond acceptors (Lipinski definition) is 3. The van der Waals surface area contributed by atoms with E-state index in [0.717, 1.165) is 38.1 Å². The van der Waals surface area contributed by atoms with Crippen LogP contribution in [0.4, 0.5) is 4.79 Å². The predicted molar refractivity (Wildman–Crippen MR) is 98.6 cm³/mol. The molecule has 2 fully saturated rings. The number of rotatable bonds is 6. The van der Waals surface area contributed by atoms with E-state index >= 15 is 0 Å². The molecule has 1 saturated carbocycles. The summed E-state index contributed by atoms with van der Waals surface area (Å²) in [5, 5.41) is 12.3. The van der Waals surface area contributed by atoms with Crippen molar-refractivity contribution in [1.29, 1.82) is 0 Å². The Hall–Kier alpha value is -1.30. The Kier molecular flexibility index (Phi) is 7.54. The van der Waals surface area contributed by atoms with Gasteiger partial charge in [-0.05, 0) is 44.1 Å². The third kappa shape index (κ3) is 5.87. The topological polar surface area (TPSA) is 72.9 Å². The Morgan fingerprint density at radius 1 is 1.20 bits per heavy atom. The SMILES string of the molecule is CCN(CC(=O)O)C1CCN(C(=O)NC2CCCC(C(C)C)C2)CC1. The Morgan fingerprint density at radius 3 is 2.44 bits per heavy atom. The number of urea groups is 1. The molecule has 6 heteroatoms. The summed E-state index contributed by atoms with van der Waals surface area (Å²) in [6.45, 7) is 8.80. The molecule has 2 unspecified atom stereocenters. The first kappa shape index (κ1) is 20.0. The fraction of sp³-hybridized carbons (Fsp3) is 0.895. The molecule has 25 heavy (non-hydrogen) atoms. The molecule has 6 nitrogen and oxygen atoms in total. The van der Waals surface area contributed by atoms with Crippen molar-refractivity contribution in [3.05, 3.63) is 0 Å². The quantitative estimate of drug-likeness (QED) is 0.770. The lowest BCUT2D eigenvalue weighted by Gasteiger charge is -2.39. The van der Waals surface area contributed by atoms with Gasteiger partial charge in [-0.25, -0.2) is 4.79 Å². The highest BCUT2D eigenvalue weighted by Crippen LogP contribution is 2.30. The van der Waals surface area contributed by atoms with Gasteiger partial charge in [0.15, 0.2) is 0 Å². The van der Waals surface area contributed by atoms with Crippen LogP contribution in [0.15, 0.2) is 0 Å². The standard InChI is InChI=1S/C19H35N3O3/c1-4-21(13-18(23)24)17-8-10-22(11-9-17)19(25)20-16-7-5-6-15(12-16)14(2)3/h14-17H,4-13H2,1-3H3,(H,20,25)(H,23,24). The summed E-state index contributed by atoms with van der Waals surface area (Å²) in [7, 11) is 0. The van der Waals surface area contributed by atoms with Gasteiger partial charge in [-0.15, -0.1) is 0 Å². The second kappa shape index (κ2) is 9.41. The Labute approximate surface area is 151 Å². The second-order valence-electron chi connectivity index (χ2n) is 7.99. The van der Waals surface area contributed by atoms with E-state index in [9.17, 15) is 9.59 Å². The van der Waals surface area contributed by atoms with Crippen LogP contribution in [0.25, 0.3) is 0 Å². The fourth-order valence-corrected chi connectivity index (χ4v) is 4.34. The zero-order valence-electron chi connectivity index (χ0n) is 16.0. The number of carbonyl (C=O) groups is 2. The summed E-state index contributed by atoms with van der Waals surface area (Å²) in [4.78, 5) is 27.4. The van der Waals surface area contributed by atoms with E-state index in [4.69, 9.17) is 5.11 Å². The molecule has 2 N–H and O–H groups in total. The van der Waals surface area contributed by atoms with Crippen molar-refractivity contribution < 1.29 is 14.7 Å². The smallest absolute Gasteiger partial charge is 0.317 e. The summed E-state index contributed by atoms with van der Waals surface area (Å²) >= 11 is 0. The first-order valence-corrected chi connectivity index (χ1v) is 9.92. The second-order valence-corrected chi connectivity index (χ2v) is 7.99. The summed E-state index contributed by atoms with van der Waals surface area (Å²) in [5.74, 6) is 0.627. The number of likely N-dealkylation sites (tertiary alicyclic amines) is 1. The Balaban J connectivity index is 1.78. The predicted octanol–water partition coefficient (Wildman–Crippen LogP) is 2.78. The summed E-state index contributed by atoms with van der Waals surface area (Å²) < 4.78 is 0. The van der Waals surface area contributed by atoms with Crippen molar-refractivity contribution in [2.45, 2.75) is 71.4 Å². The summed E-state index contributed by atoms with van der Waals surface area (Å²) in [6.07, 6.45) is 6.39.